The molecular weight excluding hydrogens is 462 g/mol. The lowest BCUT2D eigenvalue weighted by Gasteiger charge is -2.20. The number of hydrogen-bond acceptors (Lipinski definition) is 5. The zero-order chi connectivity index (χ0) is 23.4. The number of rotatable bonds is 6. The summed E-state index contributed by atoms with van der Waals surface area (Å²) in [4.78, 5) is 40.5. The summed E-state index contributed by atoms with van der Waals surface area (Å²) < 4.78 is 6.97. The largest absolute Gasteiger partial charge is 0.496 e. The van der Waals surface area contributed by atoms with Gasteiger partial charge in [0, 0.05) is 49.4 Å². The van der Waals surface area contributed by atoms with E-state index in [2.05, 4.69) is 5.32 Å². The summed E-state index contributed by atoms with van der Waals surface area (Å²) in [5.41, 5.74) is 2.57. The standard InChI is InChI=1S/C24H24ClN3O4S/c1-32-20-13-22(30)28-10-9-27(21(29)12-16-2-4-18(25)5-3-16)8-6-19(28)23(20)24(31)26-14-17-7-11-33-15-17/h2-5,7,11,13,15H,6,8-10,12,14H2,1H3,(H,26,31). The number of benzene rings is 1. The van der Waals surface area contributed by atoms with E-state index in [0.29, 0.717) is 48.9 Å². The number of methoxy groups -OCH3 is 1. The number of amides is 2. The molecule has 1 aromatic carbocycles. The molecule has 9 heteroatoms. The third-order valence-electron chi connectivity index (χ3n) is 5.69. The first-order valence-electron chi connectivity index (χ1n) is 10.6. The fourth-order valence-electron chi connectivity index (χ4n) is 3.96. The minimum Gasteiger partial charge on any atom is -0.496 e. The fourth-order valence-corrected chi connectivity index (χ4v) is 4.75. The van der Waals surface area contributed by atoms with E-state index in [0.717, 1.165) is 11.1 Å². The first kappa shape index (κ1) is 23.1. The predicted octanol–water partition coefficient (Wildman–Crippen LogP) is 3.13. The number of thiophene rings is 1. The van der Waals surface area contributed by atoms with Crippen LogP contribution in [0.2, 0.25) is 5.02 Å². The summed E-state index contributed by atoms with van der Waals surface area (Å²) >= 11 is 7.49. The number of carbonyl (C=O) groups is 2. The molecule has 7 nitrogen and oxygen atoms in total. The van der Waals surface area contributed by atoms with Crippen LogP contribution >= 0.6 is 22.9 Å². The monoisotopic (exact) mass is 485 g/mol. The third-order valence-corrected chi connectivity index (χ3v) is 6.68. The molecule has 1 aliphatic rings. The number of aromatic nitrogens is 1. The van der Waals surface area contributed by atoms with Crippen molar-refractivity contribution in [3.05, 3.63) is 84.9 Å². The molecule has 0 spiro atoms. The van der Waals surface area contributed by atoms with Crippen molar-refractivity contribution in [3.8, 4) is 5.75 Å². The van der Waals surface area contributed by atoms with Crippen LogP contribution in [0.15, 0.2) is 52.0 Å². The van der Waals surface area contributed by atoms with E-state index in [9.17, 15) is 14.4 Å². The second kappa shape index (κ2) is 10.2. The molecule has 172 valence electrons. The smallest absolute Gasteiger partial charge is 0.257 e. The van der Waals surface area contributed by atoms with Gasteiger partial charge in [0.15, 0.2) is 0 Å². The number of pyridine rings is 1. The molecule has 0 saturated carbocycles. The minimum absolute atomic E-state index is 0.0337. The van der Waals surface area contributed by atoms with Crippen LogP contribution in [0, 0.1) is 0 Å². The van der Waals surface area contributed by atoms with Gasteiger partial charge in [0.2, 0.25) is 5.91 Å². The molecule has 0 saturated heterocycles. The van der Waals surface area contributed by atoms with E-state index in [-0.39, 0.29) is 29.5 Å². The zero-order valence-electron chi connectivity index (χ0n) is 18.2. The maximum Gasteiger partial charge on any atom is 0.257 e. The molecular formula is C24H24ClN3O4S. The van der Waals surface area contributed by atoms with Crippen LogP contribution in [0.1, 0.15) is 27.2 Å². The molecule has 3 aromatic rings. The van der Waals surface area contributed by atoms with Crippen molar-refractivity contribution >= 4 is 34.8 Å². The second-order valence-corrected chi connectivity index (χ2v) is 8.99. The lowest BCUT2D eigenvalue weighted by atomic mass is 10.1. The van der Waals surface area contributed by atoms with E-state index in [4.69, 9.17) is 16.3 Å². The average molecular weight is 486 g/mol. The highest BCUT2D eigenvalue weighted by Crippen LogP contribution is 2.23. The average Bonchev–Trinajstić information content (AvgIpc) is 3.23. The summed E-state index contributed by atoms with van der Waals surface area (Å²) in [5.74, 6) is -0.0913. The van der Waals surface area contributed by atoms with Crippen molar-refractivity contribution < 1.29 is 14.3 Å². The summed E-state index contributed by atoms with van der Waals surface area (Å²) in [6.07, 6.45) is 0.625. The molecule has 1 aliphatic heterocycles. The number of ether oxygens (including phenoxy) is 1. The molecule has 0 aliphatic carbocycles. The summed E-state index contributed by atoms with van der Waals surface area (Å²) in [5, 5.41) is 7.46. The molecule has 0 radical (unpaired) electrons. The first-order chi connectivity index (χ1) is 16.0. The molecule has 0 bridgehead atoms. The highest BCUT2D eigenvalue weighted by molar-refractivity contribution is 7.07. The van der Waals surface area contributed by atoms with Gasteiger partial charge in [-0.25, -0.2) is 0 Å². The van der Waals surface area contributed by atoms with Gasteiger partial charge in [0.25, 0.3) is 11.5 Å². The highest BCUT2D eigenvalue weighted by Gasteiger charge is 2.26. The lowest BCUT2D eigenvalue weighted by molar-refractivity contribution is -0.130. The molecule has 33 heavy (non-hydrogen) atoms. The molecule has 1 N–H and O–H groups in total. The Hall–Kier alpha value is -3.10. The van der Waals surface area contributed by atoms with Crippen molar-refractivity contribution in [1.82, 2.24) is 14.8 Å². The van der Waals surface area contributed by atoms with Crippen LogP contribution in [0.4, 0.5) is 0 Å². The van der Waals surface area contributed by atoms with Gasteiger partial charge in [-0.15, -0.1) is 0 Å². The summed E-state index contributed by atoms with van der Waals surface area (Å²) in [6.45, 7) is 1.50. The van der Waals surface area contributed by atoms with Gasteiger partial charge in [0.1, 0.15) is 11.3 Å². The number of fused-ring (bicyclic) bond motifs is 1. The Labute approximate surface area is 200 Å². The molecule has 0 fully saturated rings. The van der Waals surface area contributed by atoms with E-state index >= 15 is 0 Å². The maximum atomic E-state index is 13.1. The quantitative estimate of drug-likeness (QED) is 0.581. The molecule has 0 unspecified atom stereocenters. The Kier molecular flexibility index (Phi) is 7.15. The van der Waals surface area contributed by atoms with Gasteiger partial charge >= 0.3 is 0 Å². The van der Waals surface area contributed by atoms with E-state index < -0.39 is 0 Å². The van der Waals surface area contributed by atoms with Gasteiger partial charge in [-0.2, -0.15) is 11.3 Å². The van der Waals surface area contributed by atoms with Crippen molar-refractivity contribution in [2.24, 2.45) is 0 Å². The minimum atomic E-state index is -0.303. The van der Waals surface area contributed by atoms with Gasteiger partial charge in [-0.05, 0) is 40.1 Å². The second-order valence-electron chi connectivity index (χ2n) is 7.77. The molecule has 0 atom stereocenters. The van der Waals surface area contributed by atoms with E-state index in [1.54, 1.807) is 32.9 Å². The van der Waals surface area contributed by atoms with Gasteiger partial charge in [0.05, 0.1) is 13.5 Å². The normalized spacial score (nSPS) is 13.2. The van der Waals surface area contributed by atoms with Crippen LogP contribution < -0.4 is 15.6 Å². The molecule has 3 heterocycles. The number of nitrogens with one attached hydrogen (secondary N) is 1. The van der Waals surface area contributed by atoms with Gasteiger partial charge in [-0.1, -0.05) is 23.7 Å². The number of halogens is 1. The zero-order valence-corrected chi connectivity index (χ0v) is 19.7. The SMILES string of the molecule is COc1cc(=O)n2c(c1C(=O)NCc1ccsc1)CCN(C(=O)Cc1ccc(Cl)cc1)CC2. The third kappa shape index (κ3) is 5.29. The van der Waals surface area contributed by atoms with E-state index in [1.807, 2.05) is 29.0 Å². The Morgan fingerprint density at radius 2 is 1.91 bits per heavy atom. The van der Waals surface area contributed by atoms with Crippen LogP contribution in [-0.4, -0.2) is 41.5 Å². The molecule has 4 rings (SSSR count). The first-order valence-corrected chi connectivity index (χ1v) is 11.9. The van der Waals surface area contributed by atoms with Crippen LogP contribution in [-0.2, 0) is 30.7 Å². The number of carbonyl (C=O) groups excluding carboxylic acids is 2. The maximum absolute atomic E-state index is 13.1. The van der Waals surface area contributed by atoms with Crippen LogP contribution in [0.3, 0.4) is 0 Å². The molecule has 2 aromatic heterocycles. The van der Waals surface area contributed by atoms with Crippen molar-refractivity contribution in [2.45, 2.75) is 25.9 Å². The highest BCUT2D eigenvalue weighted by atomic mass is 35.5. The van der Waals surface area contributed by atoms with Crippen LogP contribution in [0.5, 0.6) is 5.75 Å². The van der Waals surface area contributed by atoms with Crippen molar-refractivity contribution in [2.75, 3.05) is 20.2 Å². The lowest BCUT2D eigenvalue weighted by Crippen LogP contribution is -2.35. The summed E-state index contributed by atoms with van der Waals surface area (Å²) in [7, 11) is 1.44. The Morgan fingerprint density at radius 1 is 1.12 bits per heavy atom. The topological polar surface area (TPSA) is 80.6 Å². The molecule has 2 amide bonds. The van der Waals surface area contributed by atoms with Crippen molar-refractivity contribution in [1.29, 1.82) is 0 Å². The van der Waals surface area contributed by atoms with Gasteiger partial charge in [-0.3, -0.25) is 14.4 Å². The number of hydrogen-bond donors (Lipinski definition) is 1. The summed E-state index contributed by atoms with van der Waals surface area (Å²) in [6, 6.07) is 10.5. The van der Waals surface area contributed by atoms with E-state index in [1.165, 1.54) is 13.2 Å². The van der Waals surface area contributed by atoms with Crippen molar-refractivity contribution in [3.63, 3.8) is 0 Å². The van der Waals surface area contributed by atoms with Gasteiger partial charge < -0.3 is 19.5 Å². The predicted molar refractivity (Wildman–Crippen MR) is 128 cm³/mol. The Balaban J connectivity index is 1.55. The number of nitrogens with zero attached hydrogens (tertiary/aromatic N) is 2. The fraction of sp³-hybridized carbons (Fsp3) is 0.292. The van der Waals surface area contributed by atoms with Crippen LogP contribution in [0.25, 0.3) is 0 Å². The Bertz CT molecular complexity index is 1210. The Morgan fingerprint density at radius 3 is 2.61 bits per heavy atom.